The van der Waals surface area contributed by atoms with E-state index in [2.05, 4.69) is 62.5 Å². The Hall–Kier alpha value is -2.03. The first kappa shape index (κ1) is 52.0. The van der Waals surface area contributed by atoms with Gasteiger partial charge in [0.05, 0.1) is 27.7 Å². The smallest absolute Gasteiger partial charge is 0.462 e. The predicted molar refractivity (Wildman–Crippen MR) is 224 cm³/mol. The highest BCUT2D eigenvalue weighted by molar-refractivity contribution is 7.47. The van der Waals surface area contributed by atoms with Crippen molar-refractivity contribution in [3.8, 4) is 0 Å². The van der Waals surface area contributed by atoms with E-state index in [1.165, 1.54) is 51.4 Å². The molecule has 314 valence electrons. The van der Waals surface area contributed by atoms with E-state index in [0.717, 1.165) is 83.5 Å². The van der Waals surface area contributed by atoms with E-state index in [9.17, 15) is 19.0 Å². The summed E-state index contributed by atoms with van der Waals surface area (Å²) < 4.78 is 34.2. The van der Waals surface area contributed by atoms with Crippen LogP contribution in [0.15, 0.2) is 48.6 Å². The van der Waals surface area contributed by atoms with Crippen LogP contribution in [0.1, 0.15) is 168 Å². The maximum Gasteiger partial charge on any atom is 0.472 e. The molecule has 0 aliphatic rings. The van der Waals surface area contributed by atoms with Crippen LogP contribution < -0.4 is 0 Å². The second kappa shape index (κ2) is 36.6. The average molecular weight is 783 g/mol. The molecule has 0 bridgehead atoms. The summed E-state index contributed by atoms with van der Waals surface area (Å²) >= 11 is 0. The van der Waals surface area contributed by atoms with Crippen LogP contribution in [-0.4, -0.2) is 74.9 Å². The van der Waals surface area contributed by atoms with E-state index < -0.39 is 26.5 Å². The number of carbonyl (C=O) groups is 2. The molecule has 0 aliphatic carbocycles. The Bertz CT molecular complexity index is 1070. The highest BCUT2D eigenvalue weighted by Crippen LogP contribution is 2.43. The fourth-order valence-electron chi connectivity index (χ4n) is 5.43. The molecule has 1 unspecified atom stereocenters. The molecule has 10 heteroatoms. The Morgan fingerprint density at radius 2 is 1.00 bits per heavy atom. The first-order valence-electron chi connectivity index (χ1n) is 21.4. The number of esters is 2. The molecule has 0 aliphatic heterocycles. The number of hydrogen-bond donors (Lipinski definition) is 1. The van der Waals surface area contributed by atoms with Crippen LogP contribution in [0, 0.1) is 0 Å². The number of unbranched alkanes of at least 4 members (excludes halogenated alkanes) is 16. The minimum Gasteiger partial charge on any atom is -0.462 e. The monoisotopic (exact) mass is 783 g/mol. The minimum absolute atomic E-state index is 0.0249. The topological polar surface area (TPSA) is 108 Å². The molecule has 0 amide bonds. The predicted octanol–water partition coefficient (Wildman–Crippen LogP) is 11.9. The summed E-state index contributed by atoms with van der Waals surface area (Å²) in [6.45, 7) is 4.32. The summed E-state index contributed by atoms with van der Waals surface area (Å²) in [6.07, 6.45) is 41.5. The highest BCUT2D eigenvalue weighted by Gasteiger charge is 2.27. The van der Waals surface area contributed by atoms with Gasteiger partial charge in [-0.05, 0) is 77.0 Å². The molecular formula is C44H81NO8P+. The maximum atomic E-state index is 12.7. The lowest BCUT2D eigenvalue weighted by atomic mass is 10.1. The van der Waals surface area contributed by atoms with Gasteiger partial charge >= 0.3 is 19.8 Å². The SMILES string of the molecule is CCCCC/C=C\C/C=C\CCCCCCCC(=O)OC[C@H](COP(=O)(O)OCC[N+](C)(C)C)OC(=O)CCCCCCC/C=C\C/C=C/CCCCC. The van der Waals surface area contributed by atoms with E-state index in [-0.39, 0.29) is 32.0 Å². The summed E-state index contributed by atoms with van der Waals surface area (Å²) in [4.78, 5) is 35.3. The number of phosphoric ester groups is 1. The normalized spacial score (nSPS) is 14.1. The molecule has 0 saturated heterocycles. The highest BCUT2D eigenvalue weighted by atomic mass is 31.2. The van der Waals surface area contributed by atoms with Crippen LogP contribution in [-0.2, 0) is 32.7 Å². The summed E-state index contributed by atoms with van der Waals surface area (Å²) in [5.41, 5.74) is 0. The van der Waals surface area contributed by atoms with Gasteiger partial charge < -0.3 is 18.9 Å². The van der Waals surface area contributed by atoms with Crippen molar-refractivity contribution in [2.45, 2.75) is 174 Å². The molecule has 1 N–H and O–H groups in total. The van der Waals surface area contributed by atoms with Gasteiger partial charge in [-0.2, -0.15) is 0 Å². The Labute approximate surface area is 331 Å². The van der Waals surface area contributed by atoms with Crippen LogP contribution in [0.2, 0.25) is 0 Å². The van der Waals surface area contributed by atoms with E-state index in [1.54, 1.807) is 0 Å². The van der Waals surface area contributed by atoms with Crippen molar-refractivity contribution < 1.29 is 42.1 Å². The number of likely N-dealkylation sites (N-methyl/N-ethyl adjacent to an activating group) is 1. The molecule has 0 aromatic rings. The standard InChI is InChI=1S/C44H80NO8P/c1-6-8-10-12-14-16-18-20-22-24-26-28-30-32-34-36-43(46)50-40-42(41-52-54(48,49)51-39-38-45(3,4)5)53-44(47)37-35-33-31-29-27-25-23-21-19-17-15-13-11-9-7-2/h14-17,20-23,42H,6-13,18-19,24-41H2,1-5H3/p+1/b16-14-,17-15+,22-20-,23-21-/t42-/m1/s1. The molecule has 0 saturated carbocycles. The van der Waals surface area contributed by atoms with Crippen molar-refractivity contribution in [2.75, 3.05) is 47.5 Å². The molecular weight excluding hydrogens is 701 g/mol. The largest absolute Gasteiger partial charge is 0.472 e. The van der Waals surface area contributed by atoms with Gasteiger partial charge in [0.1, 0.15) is 19.8 Å². The molecule has 0 rings (SSSR count). The van der Waals surface area contributed by atoms with Crippen LogP contribution in [0.5, 0.6) is 0 Å². The number of carbonyl (C=O) groups excluding carboxylic acids is 2. The Morgan fingerprint density at radius 3 is 1.46 bits per heavy atom. The zero-order valence-electron chi connectivity index (χ0n) is 35.2. The average Bonchev–Trinajstić information content (AvgIpc) is 3.12. The number of rotatable bonds is 38. The van der Waals surface area contributed by atoms with E-state index in [1.807, 2.05) is 21.1 Å². The van der Waals surface area contributed by atoms with E-state index in [4.69, 9.17) is 18.5 Å². The third-order valence-corrected chi connectivity index (χ3v) is 9.82. The zero-order valence-corrected chi connectivity index (χ0v) is 36.1. The van der Waals surface area contributed by atoms with Crippen molar-refractivity contribution in [1.29, 1.82) is 0 Å². The molecule has 9 nitrogen and oxygen atoms in total. The molecule has 0 heterocycles. The Balaban J connectivity index is 4.44. The number of hydrogen-bond acceptors (Lipinski definition) is 7. The summed E-state index contributed by atoms with van der Waals surface area (Å²) in [5, 5.41) is 0. The maximum absolute atomic E-state index is 12.7. The fourth-order valence-corrected chi connectivity index (χ4v) is 6.17. The first-order chi connectivity index (χ1) is 26.0. The van der Waals surface area contributed by atoms with Crippen LogP contribution >= 0.6 is 7.82 Å². The van der Waals surface area contributed by atoms with E-state index >= 15 is 0 Å². The third-order valence-electron chi connectivity index (χ3n) is 8.83. The summed E-state index contributed by atoms with van der Waals surface area (Å²) in [6, 6.07) is 0. The molecule has 0 spiro atoms. The lowest BCUT2D eigenvalue weighted by Gasteiger charge is -2.24. The van der Waals surface area contributed by atoms with Gasteiger partial charge in [-0.15, -0.1) is 0 Å². The van der Waals surface area contributed by atoms with Crippen LogP contribution in [0.25, 0.3) is 0 Å². The lowest BCUT2D eigenvalue weighted by molar-refractivity contribution is -0.870. The van der Waals surface area contributed by atoms with E-state index in [0.29, 0.717) is 17.4 Å². The third kappa shape index (κ3) is 39.7. The second-order valence-electron chi connectivity index (χ2n) is 15.4. The minimum atomic E-state index is -4.38. The lowest BCUT2D eigenvalue weighted by Crippen LogP contribution is -2.37. The van der Waals surface area contributed by atoms with Crippen molar-refractivity contribution in [1.82, 2.24) is 0 Å². The van der Waals surface area contributed by atoms with Gasteiger partial charge in [0.15, 0.2) is 6.10 Å². The van der Waals surface area contributed by atoms with Crippen molar-refractivity contribution in [3.63, 3.8) is 0 Å². The Kier molecular flexibility index (Phi) is 35.2. The number of quaternary nitrogens is 1. The quantitative estimate of drug-likeness (QED) is 0.0217. The number of allylic oxidation sites excluding steroid dienone is 8. The fraction of sp³-hybridized carbons (Fsp3) is 0.773. The van der Waals surface area contributed by atoms with Gasteiger partial charge in [-0.25, -0.2) is 4.57 Å². The van der Waals surface area contributed by atoms with Crippen molar-refractivity contribution >= 4 is 19.8 Å². The number of ether oxygens (including phenoxy) is 2. The van der Waals surface area contributed by atoms with Crippen LogP contribution in [0.3, 0.4) is 0 Å². The van der Waals surface area contributed by atoms with Gasteiger partial charge in [-0.3, -0.25) is 18.6 Å². The molecule has 0 aromatic heterocycles. The Morgan fingerprint density at radius 1 is 0.574 bits per heavy atom. The number of phosphoric acid groups is 1. The van der Waals surface area contributed by atoms with Crippen LogP contribution in [0.4, 0.5) is 0 Å². The zero-order chi connectivity index (χ0) is 40.0. The van der Waals surface area contributed by atoms with Crippen molar-refractivity contribution in [3.05, 3.63) is 48.6 Å². The van der Waals surface area contributed by atoms with Gasteiger partial charge in [-0.1, -0.05) is 127 Å². The van der Waals surface area contributed by atoms with Crippen molar-refractivity contribution in [2.24, 2.45) is 0 Å². The number of nitrogens with zero attached hydrogens (tertiary/aromatic N) is 1. The molecule has 0 fully saturated rings. The summed E-state index contributed by atoms with van der Waals surface area (Å²) in [7, 11) is 1.45. The van der Waals surface area contributed by atoms with Gasteiger partial charge in [0, 0.05) is 12.8 Å². The van der Waals surface area contributed by atoms with Gasteiger partial charge in [0.2, 0.25) is 0 Å². The summed E-state index contributed by atoms with van der Waals surface area (Å²) in [5.74, 6) is -0.834. The molecule has 54 heavy (non-hydrogen) atoms. The van der Waals surface area contributed by atoms with Gasteiger partial charge in [0.25, 0.3) is 0 Å². The second-order valence-corrected chi connectivity index (χ2v) is 16.8. The first-order valence-corrected chi connectivity index (χ1v) is 22.9. The molecule has 0 radical (unpaired) electrons. The molecule has 0 aromatic carbocycles. The molecule has 2 atom stereocenters.